The molecule has 6 heteroatoms. The number of carboxylic acid groups (broad SMARTS) is 1. The van der Waals surface area contributed by atoms with Crippen LogP contribution in [-0.2, 0) is 4.79 Å². The fraction of sp³-hybridized carbons (Fsp3) is 0.833. The van der Waals surface area contributed by atoms with Gasteiger partial charge in [0.1, 0.15) is 6.54 Å². The van der Waals surface area contributed by atoms with Crippen molar-refractivity contribution in [3.63, 3.8) is 0 Å². The first kappa shape index (κ1) is 14.8. The van der Waals surface area contributed by atoms with E-state index >= 15 is 0 Å². The highest BCUT2D eigenvalue weighted by Crippen LogP contribution is 2.24. The summed E-state index contributed by atoms with van der Waals surface area (Å²) in [5.41, 5.74) is 0. The molecule has 104 valence electrons. The largest absolute Gasteiger partial charge is 0.480 e. The van der Waals surface area contributed by atoms with E-state index in [-0.39, 0.29) is 18.6 Å². The first-order valence-electron chi connectivity index (χ1n) is 6.38. The van der Waals surface area contributed by atoms with Crippen molar-refractivity contribution in [3.8, 4) is 0 Å². The van der Waals surface area contributed by atoms with Gasteiger partial charge in [0.15, 0.2) is 0 Å². The number of carboxylic acids is 1. The molecule has 2 N–H and O–H groups in total. The minimum absolute atomic E-state index is 0.123. The van der Waals surface area contributed by atoms with Crippen LogP contribution < -0.4 is 5.32 Å². The number of nitrogens with zero attached hydrogens (tertiary/aromatic N) is 2. The number of rotatable bonds is 7. The molecule has 2 amide bonds. The summed E-state index contributed by atoms with van der Waals surface area (Å²) >= 11 is 0. The first-order chi connectivity index (χ1) is 8.41. The maximum absolute atomic E-state index is 11.8. The average molecular weight is 257 g/mol. The van der Waals surface area contributed by atoms with Gasteiger partial charge in [-0.3, -0.25) is 4.79 Å². The minimum Gasteiger partial charge on any atom is -0.480 e. The van der Waals surface area contributed by atoms with Crippen LogP contribution in [0.3, 0.4) is 0 Å². The van der Waals surface area contributed by atoms with Crippen LogP contribution in [0.1, 0.15) is 26.7 Å². The molecule has 0 heterocycles. The molecule has 1 rings (SSSR count). The molecule has 6 nitrogen and oxygen atoms in total. The number of hydrogen-bond acceptors (Lipinski definition) is 3. The van der Waals surface area contributed by atoms with Gasteiger partial charge in [0.2, 0.25) is 0 Å². The van der Waals surface area contributed by atoms with E-state index in [2.05, 4.69) is 10.2 Å². The Morgan fingerprint density at radius 1 is 1.39 bits per heavy atom. The SMILES string of the molecule is CC(C)N(CC(=O)O)C(=O)NCCN(C)C1CC1. The molecule has 0 aromatic rings. The highest BCUT2D eigenvalue weighted by Gasteiger charge is 2.26. The number of hydrogen-bond donors (Lipinski definition) is 2. The molecule has 0 aromatic carbocycles. The van der Waals surface area contributed by atoms with E-state index in [1.54, 1.807) is 13.8 Å². The van der Waals surface area contributed by atoms with Crippen LogP contribution in [0.5, 0.6) is 0 Å². The number of nitrogens with one attached hydrogen (secondary N) is 1. The summed E-state index contributed by atoms with van der Waals surface area (Å²) in [7, 11) is 2.04. The van der Waals surface area contributed by atoms with Crippen LogP contribution in [0.15, 0.2) is 0 Å². The number of amides is 2. The van der Waals surface area contributed by atoms with Gasteiger partial charge in [-0.05, 0) is 33.7 Å². The molecule has 18 heavy (non-hydrogen) atoms. The lowest BCUT2D eigenvalue weighted by atomic mass is 10.3. The van der Waals surface area contributed by atoms with Crippen molar-refractivity contribution < 1.29 is 14.7 Å². The van der Waals surface area contributed by atoms with Crippen LogP contribution in [0.25, 0.3) is 0 Å². The molecule has 0 saturated heterocycles. The average Bonchev–Trinajstić information content (AvgIpc) is 3.08. The topological polar surface area (TPSA) is 72.9 Å². The quantitative estimate of drug-likeness (QED) is 0.700. The standard InChI is InChI=1S/C12H23N3O3/c1-9(2)15(8-11(16)17)12(18)13-6-7-14(3)10-4-5-10/h9-10H,4-8H2,1-3H3,(H,13,18)(H,16,17). The molecule has 0 bridgehead atoms. The van der Waals surface area contributed by atoms with Gasteiger partial charge in [-0.25, -0.2) is 4.79 Å². The van der Waals surface area contributed by atoms with E-state index in [1.807, 2.05) is 7.05 Å². The predicted octanol–water partition coefficient (Wildman–Crippen LogP) is 0.585. The lowest BCUT2D eigenvalue weighted by Gasteiger charge is -2.25. The summed E-state index contributed by atoms with van der Waals surface area (Å²) in [5, 5.41) is 11.5. The summed E-state index contributed by atoms with van der Waals surface area (Å²) in [6, 6.07) is 0.237. The van der Waals surface area contributed by atoms with Crippen molar-refractivity contribution in [1.82, 2.24) is 15.1 Å². The molecule has 0 spiro atoms. The molecule has 0 radical (unpaired) electrons. The smallest absolute Gasteiger partial charge is 0.323 e. The summed E-state index contributed by atoms with van der Waals surface area (Å²) in [5.74, 6) is -0.992. The number of urea groups is 1. The fourth-order valence-electron chi connectivity index (χ4n) is 1.77. The molecular formula is C12H23N3O3. The molecule has 0 aliphatic heterocycles. The Kier molecular flexibility index (Phi) is 5.40. The Bertz CT molecular complexity index is 303. The van der Waals surface area contributed by atoms with Crippen LogP contribution in [-0.4, -0.2) is 65.7 Å². The monoisotopic (exact) mass is 257 g/mol. The zero-order valence-corrected chi connectivity index (χ0v) is 11.3. The van der Waals surface area contributed by atoms with Crippen molar-refractivity contribution in [2.75, 3.05) is 26.7 Å². The van der Waals surface area contributed by atoms with E-state index in [4.69, 9.17) is 5.11 Å². The van der Waals surface area contributed by atoms with Crippen molar-refractivity contribution in [1.29, 1.82) is 0 Å². The normalized spacial score (nSPS) is 14.9. The van der Waals surface area contributed by atoms with Gasteiger partial charge in [0, 0.05) is 25.2 Å². The van der Waals surface area contributed by atoms with E-state index in [9.17, 15) is 9.59 Å². The number of likely N-dealkylation sites (N-methyl/N-ethyl adjacent to an activating group) is 1. The van der Waals surface area contributed by atoms with Crippen LogP contribution in [0, 0.1) is 0 Å². The summed E-state index contributed by atoms with van der Waals surface area (Å²) in [6.45, 7) is 4.70. The van der Waals surface area contributed by atoms with Gasteiger partial charge in [-0.15, -0.1) is 0 Å². The summed E-state index contributed by atoms with van der Waals surface area (Å²) in [6.07, 6.45) is 2.48. The third-order valence-corrected chi connectivity index (χ3v) is 3.10. The molecule has 1 fully saturated rings. The predicted molar refractivity (Wildman–Crippen MR) is 68.5 cm³/mol. The van der Waals surface area contributed by atoms with Crippen molar-refractivity contribution in [3.05, 3.63) is 0 Å². The second-order valence-corrected chi connectivity index (χ2v) is 5.06. The van der Waals surface area contributed by atoms with Crippen molar-refractivity contribution >= 4 is 12.0 Å². The van der Waals surface area contributed by atoms with Crippen LogP contribution in [0.2, 0.25) is 0 Å². The lowest BCUT2D eigenvalue weighted by Crippen LogP contribution is -2.48. The van der Waals surface area contributed by atoms with Gasteiger partial charge >= 0.3 is 12.0 Å². The second-order valence-electron chi connectivity index (χ2n) is 5.06. The highest BCUT2D eigenvalue weighted by molar-refractivity contribution is 5.80. The first-order valence-corrected chi connectivity index (χ1v) is 6.38. The molecule has 1 aliphatic rings. The van der Waals surface area contributed by atoms with Crippen LogP contribution in [0.4, 0.5) is 4.79 Å². The maximum Gasteiger partial charge on any atom is 0.323 e. The fourth-order valence-corrected chi connectivity index (χ4v) is 1.77. The maximum atomic E-state index is 11.8. The number of carbonyl (C=O) groups is 2. The van der Waals surface area contributed by atoms with Gasteiger partial charge < -0.3 is 20.2 Å². The third kappa shape index (κ3) is 4.91. The van der Waals surface area contributed by atoms with E-state index < -0.39 is 5.97 Å². The Hall–Kier alpha value is -1.30. The molecular weight excluding hydrogens is 234 g/mol. The van der Waals surface area contributed by atoms with Crippen molar-refractivity contribution in [2.45, 2.75) is 38.8 Å². The van der Waals surface area contributed by atoms with Gasteiger partial charge in [-0.2, -0.15) is 0 Å². The van der Waals surface area contributed by atoms with Gasteiger partial charge in [0.25, 0.3) is 0 Å². The van der Waals surface area contributed by atoms with Crippen LogP contribution >= 0.6 is 0 Å². The molecule has 0 unspecified atom stereocenters. The summed E-state index contributed by atoms with van der Waals surface area (Å²) < 4.78 is 0. The zero-order valence-electron chi connectivity index (χ0n) is 11.3. The Labute approximate surface area is 108 Å². The third-order valence-electron chi connectivity index (χ3n) is 3.10. The molecule has 1 saturated carbocycles. The Morgan fingerprint density at radius 3 is 2.44 bits per heavy atom. The minimum atomic E-state index is -0.992. The van der Waals surface area contributed by atoms with E-state index in [1.165, 1.54) is 17.7 Å². The molecule has 0 atom stereocenters. The Balaban J connectivity index is 2.29. The zero-order chi connectivity index (χ0) is 13.7. The number of carbonyl (C=O) groups excluding carboxylic acids is 1. The van der Waals surface area contributed by atoms with E-state index in [0.717, 1.165) is 6.54 Å². The van der Waals surface area contributed by atoms with Crippen molar-refractivity contribution in [2.24, 2.45) is 0 Å². The van der Waals surface area contributed by atoms with E-state index in [0.29, 0.717) is 12.6 Å². The highest BCUT2D eigenvalue weighted by atomic mass is 16.4. The second kappa shape index (κ2) is 6.58. The molecule has 1 aliphatic carbocycles. The molecule has 0 aromatic heterocycles. The van der Waals surface area contributed by atoms with Gasteiger partial charge in [0.05, 0.1) is 0 Å². The Morgan fingerprint density at radius 2 is 2.00 bits per heavy atom. The number of aliphatic carboxylic acids is 1. The summed E-state index contributed by atoms with van der Waals surface area (Å²) in [4.78, 5) is 26.0. The lowest BCUT2D eigenvalue weighted by molar-refractivity contribution is -0.138. The van der Waals surface area contributed by atoms with Gasteiger partial charge in [-0.1, -0.05) is 0 Å².